The van der Waals surface area contributed by atoms with E-state index >= 15 is 0 Å². The molecular weight excluding hydrogens is 955 g/mol. The lowest BCUT2D eigenvalue weighted by Crippen LogP contribution is -2.51. The van der Waals surface area contributed by atoms with E-state index in [1.165, 1.54) is 58.3 Å². The third kappa shape index (κ3) is 10.4. The maximum atomic E-state index is 13.8. The maximum Gasteiger partial charge on any atom is 0.407 e. The van der Waals surface area contributed by atoms with Gasteiger partial charge >= 0.3 is 12.2 Å². The zero-order valence-corrected chi connectivity index (χ0v) is 45.2. The van der Waals surface area contributed by atoms with Crippen LogP contribution in [0.4, 0.5) is 9.59 Å². The number of rotatable bonds is 15. The van der Waals surface area contributed by atoms with Gasteiger partial charge in [-0.15, -0.1) is 0 Å². The highest BCUT2D eigenvalue weighted by Gasteiger charge is 2.43. The third-order valence-corrected chi connectivity index (χ3v) is 17.2. The summed E-state index contributed by atoms with van der Waals surface area (Å²) in [6.45, 7) is 11.2. The van der Waals surface area contributed by atoms with Crippen LogP contribution in [0.2, 0.25) is 0 Å². The quantitative estimate of drug-likeness (QED) is 0.0784. The number of carbonyl (C=O) groups is 4. The van der Waals surface area contributed by atoms with Crippen LogP contribution in [0, 0.1) is 23.7 Å². The average Bonchev–Trinajstić information content (AvgIpc) is 4.32. The summed E-state index contributed by atoms with van der Waals surface area (Å²) in [5, 5.41) is 5.48. The Labute approximate surface area is 447 Å². The summed E-state index contributed by atoms with van der Waals surface area (Å²) >= 11 is 0. The topological polar surface area (TPSA) is 180 Å². The number of nitrogens with zero attached hydrogens (tertiary/aromatic N) is 5. The summed E-state index contributed by atoms with van der Waals surface area (Å²) in [7, 11) is 2.61. The fourth-order valence-corrected chi connectivity index (χ4v) is 13.2. The highest BCUT2D eigenvalue weighted by Crippen LogP contribution is 2.52. The number of amides is 4. The van der Waals surface area contributed by atoms with Gasteiger partial charge in [-0.25, -0.2) is 19.6 Å². The number of hydrogen-bond acceptors (Lipinski definition) is 8. The number of benzene rings is 3. The van der Waals surface area contributed by atoms with Crippen molar-refractivity contribution < 1.29 is 28.7 Å². The van der Waals surface area contributed by atoms with Crippen molar-refractivity contribution in [2.24, 2.45) is 23.7 Å². The molecule has 4 fully saturated rings. The fraction of sp³-hybridized carbons (Fsp3) is 0.475. The van der Waals surface area contributed by atoms with Gasteiger partial charge in [0.25, 0.3) is 0 Å². The molecule has 400 valence electrons. The number of ether oxygens (including phenoxy) is 2. The van der Waals surface area contributed by atoms with Crippen LogP contribution in [-0.4, -0.2) is 97.7 Å². The minimum Gasteiger partial charge on any atom is -0.453 e. The number of methoxy groups -OCH3 is 2. The molecule has 3 aromatic heterocycles. The Morgan fingerprint density at radius 1 is 0.605 bits per heavy atom. The summed E-state index contributed by atoms with van der Waals surface area (Å²) in [4.78, 5) is 72.4. The Bertz CT molecular complexity index is 2840. The van der Waals surface area contributed by atoms with Gasteiger partial charge in [0.2, 0.25) is 11.8 Å². The lowest BCUT2D eigenvalue weighted by atomic mass is 9.57. The summed E-state index contributed by atoms with van der Waals surface area (Å²) < 4.78 is 12.0. The van der Waals surface area contributed by atoms with Crippen LogP contribution < -0.4 is 10.6 Å². The molecule has 4 N–H and O–H groups in total. The number of carbonyl (C=O) groups excluding carboxylic acids is 4. The van der Waals surface area contributed by atoms with Crippen molar-refractivity contribution in [2.75, 3.05) is 27.3 Å². The molecule has 10 rings (SSSR count). The van der Waals surface area contributed by atoms with Gasteiger partial charge in [-0.3, -0.25) is 9.59 Å². The molecule has 2 aliphatic heterocycles. The molecular formula is C61H75N9O6. The lowest BCUT2D eigenvalue weighted by molar-refractivity contribution is -0.136. The highest BCUT2D eigenvalue weighted by atomic mass is 16.5. The van der Waals surface area contributed by atoms with E-state index in [0.29, 0.717) is 13.1 Å². The zero-order chi connectivity index (χ0) is 53.3. The molecule has 0 radical (unpaired) electrons. The van der Waals surface area contributed by atoms with E-state index in [4.69, 9.17) is 19.4 Å². The largest absolute Gasteiger partial charge is 0.453 e. The SMILES string of the molecule is CCC1(c2ccc(-n3c(-c4ccc(-c5cnc([C@@H]6CCCN6C(=O)[C@@H](NC(=O)OC)C(C)C)[nH]5)cc4)ccc3-c3ccc(-c4cnc([C@@H]5CCCN5C(=O)[C@@H](NC(=O)OC)C(C)C)[nH]4)cc3)cc2)CC2CCCC(C2)C1. The van der Waals surface area contributed by atoms with Crippen LogP contribution in [0.5, 0.6) is 0 Å². The molecule has 2 bridgehead atoms. The first-order chi connectivity index (χ1) is 36.8. The van der Waals surface area contributed by atoms with E-state index in [2.05, 4.69) is 117 Å². The Morgan fingerprint density at radius 3 is 1.45 bits per heavy atom. The van der Waals surface area contributed by atoms with Gasteiger partial charge in [-0.1, -0.05) is 115 Å². The van der Waals surface area contributed by atoms with Crippen molar-refractivity contribution in [2.45, 2.75) is 135 Å². The van der Waals surface area contributed by atoms with Gasteiger partial charge in [0.15, 0.2) is 0 Å². The number of imidazole rings is 2. The van der Waals surface area contributed by atoms with E-state index < -0.39 is 24.3 Å². The van der Waals surface area contributed by atoms with Crippen LogP contribution in [0.1, 0.15) is 135 Å². The van der Waals surface area contributed by atoms with Gasteiger partial charge in [0.1, 0.15) is 23.7 Å². The third-order valence-electron chi connectivity index (χ3n) is 17.2. The average molecular weight is 1030 g/mol. The van der Waals surface area contributed by atoms with E-state index in [0.717, 1.165) is 106 Å². The van der Waals surface area contributed by atoms with Gasteiger partial charge < -0.3 is 44.4 Å². The van der Waals surface area contributed by atoms with Crippen molar-refractivity contribution >= 4 is 24.0 Å². The molecule has 4 amide bonds. The van der Waals surface area contributed by atoms with Crippen molar-refractivity contribution in [1.82, 2.24) is 44.9 Å². The first-order valence-electron chi connectivity index (χ1n) is 27.7. The number of fused-ring (bicyclic) bond motifs is 2. The predicted octanol–water partition coefficient (Wildman–Crippen LogP) is 11.9. The molecule has 15 nitrogen and oxygen atoms in total. The minimum atomic E-state index is -0.703. The minimum absolute atomic E-state index is 0.119. The lowest BCUT2D eigenvalue weighted by Gasteiger charge is -2.47. The van der Waals surface area contributed by atoms with Crippen molar-refractivity contribution in [3.05, 3.63) is 115 Å². The Hall–Kier alpha value is -7.16. The van der Waals surface area contributed by atoms with Gasteiger partial charge in [-0.05, 0) is 133 Å². The summed E-state index contributed by atoms with van der Waals surface area (Å²) in [5.74, 6) is 2.59. The molecule has 2 saturated carbocycles. The number of hydrogen-bond donors (Lipinski definition) is 4. The van der Waals surface area contributed by atoms with Crippen LogP contribution >= 0.6 is 0 Å². The smallest absolute Gasteiger partial charge is 0.407 e. The molecule has 76 heavy (non-hydrogen) atoms. The van der Waals surface area contributed by atoms with E-state index in [1.54, 1.807) is 0 Å². The molecule has 5 heterocycles. The second-order valence-electron chi connectivity index (χ2n) is 22.5. The first-order valence-corrected chi connectivity index (χ1v) is 27.7. The molecule has 3 aromatic carbocycles. The number of alkyl carbamates (subject to hydrolysis) is 2. The highest BCUT2D eigenvalue weighted by molar-refractivity contribution is 5.87. The number of H-pyrrole nitrogens is 2. The van der Waals surface area contributed by atoms with Crippen LogP contribution in [0.25, 0.3) is 50.7 Å². The van der Waals surface area contributed by atoms with Gasteiger partial charge in [0, 0.05) is 18.8 Å². The number of likely N-dealkylation sites (tertiary alicyclic amines) is 2. The second-order valence-corrected chi connectivity index (χ2v) is 22.5. The monoisotopic (exact) mass is 1030 g/mol. The zero-order valence-electron chi connectivity index (χ0n) is 45.2. The summed E-state index contributed by atoms with van der Waals surface area (Å²) in [6.07, 6.45) is 14.9. The second kappa shape index (κ2) is 22.2. The molecule has 6 aromatic rings. The molecule has 4 aliphatic rings. The normalized spacial score (nSPS) is 22.2. The van der Waals surface area contributed by atoms with Crippen molar-refractivity contribution in [1.29, 1.82) is 0 Å². The summed E-state index contributed by atoms with van der Waals surface area (Å²) in [5.41, 5.74) is 10.7. The van der Waals surface area contributed by atoms with Crippen LogP contribution in [0.3, 0.4) is 0 Å². The molecule has 2 unspecified atom stereocenters. The van der Waals surface area contributed by atoms with Crippen molar-refractivity contribution in [3.63, 3.8) is 0 Å². The number of aromatic amines is 2. The summed E-state index contributed by atoms with van der Waals surface area (Å²) in [6, 6.07) is 29.2. The molecule has 2 aliphatic carbocycles. The Morgan fingerprint density at radius 2 is 1.04 bits per heavy atom. The van der Waals surface area contributed by atoms with Gasteiger partial charge in [0.05, 0.1) is 61.5 Å². The Balaban J connectivity index is 0.928. The molecule has 15 heteroatoms. The fourth-order valence-electron chi connectivity index (χ4n) is 13.2. The van der Waals surface area contributed by atoms with Crippen molar-refractivity contribution in [3.8, 4) is 50.7 Å². The molecule has 2 saturated heterocycles. The standard InChI is InChI=1S/C61H75N9O6/c1-8-61(33-39-12-9-13-40(32-39)34-61)45-24-26-46(27-25-45)70-49(43-20-16-41(17-21-43)47-35-62-55(64-47)51-14-10-30-68(51)57(71)53(37(2)3)66-59(73)75-6)28-29-50(70)44-22-18-42(19-23-44)48-36-63-56(65-48)52-15-11-31-69(52)58(72)54(38(4)5)67-60(74)76-7/h16-29,35-40,51-54H,8-15,30-34H2,1-7H3,(H,62,64)(H,63,65)(H,66,73)(H,67,74)/t39?,40?,51-,52-,53-,54-,61?/m0/s1. The van der Waals surface area contributed by atoms with E-state index in [9.17, 15) is 19.2 Å². The van der Waals surface area contributed by atoms with Crippen LogP contribution in [0.15, 0.2) is 97.3 Å². The number of aromatic nitrogens is 5. The maximum absolute atomic E-state index is 13.8. The van der Waals surface area contributed by atoms with Gasteiger partial charge in [-0.2, -0.15) is 0 Å². The molecule has 6 atom stereocenters. The number of nitrogens with one attached hydrogen (secondary N) is 4. The predicted molar refractivity (Wildman–Crippen MR) is 294 cm³/mol. The molecule has 0 spiro atoms. The van der Waals surface area contributed by atoms with E-state index in [1.807, 2.05) is 49.9 Å². The van der Waals surface area contributed by atoms with E-state index in [-0.39, 0.29) is 41.1 Å². The first kappa shape index (κ1) is 52.3. The Kier molecular flexibility index (Phi) is 15.3. The van der Waals surface area contributed by atoms with Crippen LogP contribution in [-0.2, 0) is 24.5 Å².